The van der Waals surface area contributed by atoms with Crippen molar-refractivity contribution in [1.82, 2.24) is 9.80 Å². The van der Waals surface area contributed by atoms with Gasteiger partial charge in [0, 0.05) is 31.7 Å². The second-order valence-electron chi connectivity index (χ2n) is 8.24. The van der Waals surface area contributed by atoms with Crippen LogP contribution in [0.1, 0.15) is 37.2 Å². The Morgan fingerprint density at radius 3 is 1.76 bits per heavy atom. The molecule has 7 nitrogen and oxygen atoms in total. The zero-order chi connectivity index (χ0) is 25.0. The van der Waals surface area contributed by atoms with Crippen molar-refractivity contribution < 1.29 is 50.6 Å². The molecule has 0 radical (unpaired) electrons. The van der Waals surface area contributed by atoms with Crippen LogP contribution in [0.4, 0.5) is 26.3 Å². The van der Waals surface area contributed by atoms with E-state index in [1.54, 1.807) is 0 Å². The van der Waals surface area contributed by atoms with E-state index < -0.39 is 24.3 Å². The van der Waals surface area contributed by atoms with Crippen LogP contribution in [-0.2, 0) is 16.1 Å². The second kappa shape index (κ2) is 10.8. The summed E-state index contributed by atoms with van der Waals surface area (Å²) in [4.78, 5) is 23.2. The third-order valence-corrected chi connectivity index (χ3v) is 5.64. The highest BCUT2D eigenvalue weighted by Gasteiger charge is 2.43. The molecular formula is C20H26F6N2O5. The number of aliphatic carboxylic acids is 2. The van der Waals surface area contributed by atoms with Crippen molar-refractivity contribution in [2.24, 2.45) is 5.92 Å². The second-order valence-corrected chi connectivity index (χ2v) is 8.24. The maximum absolute atomic E-state index is 10.6. The van der Waals surface area contributed by atoms with Gasteiger partial charge in [0.1, 0.15) is 11.5 Å². The highest BCUT2D eigenvalue weighted by molar-refractivity contribution is 5.73. The molecule has 2 saturated heterocycles. The molecule has 0 unspecified atom stereocenters. The molecule has 2 aliphatic heterocycles. The van der Waals surface area contributed by atoms with Gasteiger partial charge in [-0.25, -0.2) is 9.59 Å². The SMILES string of the molecule is Cc1ccc(CN2CC[C@@H]3[C@@H]2CCN3CC2CC2)o1.O=C(O)C(F)(F)F.O=C(O)C(F)(F)F. The van der Waals surface area contributed by atoms with Crippen molar-refractivity contribution in [1.29, 1.82) is 0 Å². The first kappa shape index (κ1) is 27.0. The van der Waals surface area contributed by atoms with Gasteiger partial charge in [-0.1, -0.05) is 0 Å². The molecule has 2 N–H and O–H groups in total. The molecule has 3 heterocycles. The molecule has 2 atom stereocenters. The van der Waals surface area contributed by atoms with E-state index in [1.807, 2.05) is 6.92 Å². The lowest BCUT2D eigenvalue weighted by atomic mass is 10.1. The quantitative estimate of drug-likeness (QED) is 0.621. The van der Waals surface area contributed by atoms with Gasteiger partial charge >= 0.3 is 24.3 Å². The van der Waals surface area contributed by atoms with Gasteiger partial charge in [0.05, 0.1) is 6.54 Å². The number of carboxylic acids is 2. The highest BCUT2D eigenvalue weighted by atomic mass is 19.4. The zero-order valence-electron chi connectivity index (χ0n) is 17.8. The average Bonchev–Trinajstić information content (AvgIpc) is 3.06. The standard InChI is InChI=1S/C16H24N2O.2C2HF3O2/c1-12-2-5-14(19-12)11-18-9-7-15-16(18)6-8-17(15)10-13-3-4-13;2*3-2(4,5)1(6)7/h2,5,13,15-16H,3-4,6-11H2,1H3;2*(H,6,7)/t15-,16+;;/m1../s1. The average molecular weight is 488 g/mol. The molecule has 188 valence electrons. The van der Waals surface area contributed by atoms with Crippen LogP contribution in [0, 0.1) is 12.8 Å². The lowest BCUT2D eigenvalue weighted by molar-refractivity contribution is -0.193. The smallest absolute Gasteiger partial charge is 0.475 e. The van der Waals surface area contributed by atoms with E-state index in [4.69, 9.17) is 24.2 Å². The van der Waals surface area contributed by atoms with E-state index in [2.05, 4.69) is 21.9 Å². The van der Waals surface area contributed by atoms with Gasteiger partial charge in [-0.05, 0) is 50.7 Å². The maximum atomic E-state index is 10.6. The van der Waals surface area contributed by atoms with Gasteiger partial charge in [0.25, 0.3) is 0 Å². The lowest BCUT2D eigenvalue weighted by Gasteiger charge is -2.25. The topological polar surface area (TPSA) is 94.2 Å². The third-order valence-electron chi connectivity index (χ3n) is 5.64. The van der Waals surface area contributed by atoms with Crippen LogP contribution in [0.2, 0.25) is 0 Å². The van der Waals surface area contributed by atoms with E-state index in [1.165, 1.54) is 45.3 Å². The summed E-state index contributed by atoms with van der Waals surface area (Å²) >= 11 is 0. The fourth-order valence-electron chi connectivity index (χ4n) is 3.99. The molecule has 0 aromatic carbocycles. The molecule has 0 spiro atoms. The van der Waals surface area contributed by atoms with Gasteiger partial charge in [-0.15, -0.1) is 0 Å². The highest BCUT2D eigenvalue weighted by Crippen LogP contribution is 2.37. The molecule has 1 aliphatic carbocycles. The van der Waals surface area contributed by atoms with Gasteiger partial charge in [0.2, 0.25) is 0 Å². The van der Waals surface area contributed by atoms with Crippen molar-refractivity contribution in [2.75, 3.05) is 19.6 Å². The van der Waals surface area contributed by atoms with Crippen LogP contribution < -0.4 is 0 Å². The minimum Gasteiger partial charge on any atom is -0.475 e. The summed E-state index contributed by atoms with van der Waals surface area (Å²) in [6, 6.07) is 5.83. The van der Waals surface area contributed by atoms with Crippen LogP contribution >= 0.6 is 0 Å². The van der Waals surface area contributed by atoms with Crippen LogP contribution in [0.15, 0.2) is 16.5 Å². The van der Waals surface area contributed by atoms with Gasteiger partial charge in [0.15, 0.2) is 0 Å². The molecular weight excluding hydrogens is 462 g/mol. The number of hydrogen-bond acceptors (Lipinski definition) is 5. The summed E-state index contributed by atoms with van der Waals surface area (Å²) < 4.78 is 69.2. The number of nitrogens with zero attached hydrogens (tertiary/aromatic N) is 2. The van der Waals surface area contributed by atoms with E-state index in [0.717, 1.165) is 36.1 Å². The summed E-state index contributed by atoms with van der Waals surface area (Å²) in [5, 5.41) is 14.2. The number of carbonyl (C=O) groups is 2. The number of alkyl halides is 6. The Kier molecular flexibility index (Phi) is 8.80. The summed E-state index contributed by atoms with van der Waals surface area (Å²) in [5.74, 6) is -2.31. The van der Waals surface area contributed by atoms with Gasteiger partial charge < -0.3 is 14.6 Å². The van der Waals surface area contributed by atoms with E-state index in [9.17, 15) is 26.3 Å². The fourth-order valence-corrected chi connectivity index (χ4v) is 3.99. The first-order valence-corrected chi connectivity index (χ1v) is 10.3. The predicted octanol–water partition coefficient (Wildman–Crippen LogP) is 3.91. The van der Waals surface area contributed by atoms with Gasteiger partial charge in [-0.2, -0.15) is 26.3 Å². The van der Waals surface area contributed by atoms with Crippen molar-refractivity contribution in [3.8, 4) is 0 Å². The zero-order valence-corrected chi connectivity index (χ0v) is 17.8. The van der Waals surface area contributed by atoms with Crippen LogP contribution in [0.5, 0.6) is 0 Å². The van der Waals surface area contributed by atoms with Crippen LogP contribution in [0.3, 0.4) is 0 Å². The molecule has 13 heteroatoms. The van der Waals surface area contributed by atoms with E-state index in [0.29, 0.717) is 0 Å². The summed E-state index contributed by atoms with van der Waals surface area (Å²) in [6.45, 7) is 6.97. The summed E-state index contributed by atoms with van der Waals surface area (Å²) in [6.07, 6.45) is -4.50. The van der Waals surface area contributed by atoms with Crippen molar-refractivity contribution >= 4 is 11.9 Å². The number of hydrogen-bond donors (Lipinski definition) is 2. The molecule has 0 amide bonds. The van der Waals surface area contributed by atoms with E-state index >= 15 is 0 Å². The molecule has 0 bridgehead atoms. The number of likely N-dealkylation sites (tertiary alicyclic amines) is 2. The Bertz CT molecular complexity index is 782. The normalized spacial score (nSPS) is 23.2. The molecule has 3 aliphatic rings. The number of carboxylic acid groups (broad SMARTS) is 2. The minimum atomic E-state index is -5.08. The molecule has 4 rings (SSSR count). The summed E-state index contributed by atoms with van der Waals surface area (Å²) in [7, 11) is 0. The number of halogens is 6. The van der Waals surface area contributed by atoms with Crippen LogP contribution in [0.25, 0.3) is 0 Å². The van der Waals surface area contributed by atoms with Crippen molar-refractivity contribution in [2.45, 2.75) is 63.6 Å². The largest absolute Gasteiger partial charge is 0.490 e. The number of rotatable bonds is 4. The third kappa shape index (κ3) is 8.54. The Morgan fingerprint density at radius 2 is 1.36 bits per heavy atom. The Morgan fingerprint density at radius 1 is 0.909 bits per heavy atom. The fraction of sp³-hybridized carbons (Fsp3) is 0.700. The first-order valence-electron chi connectivity index (χ1n) is 10.3. The van der Waals surface area contributed by atoms with Crippen molar-refractivity contribution in [3.05, 3.63) is 23.7 Å². The molecule has 1 saturated carbocycles. The maximum Gasteiger partial charge on any atom is 0.490 e. The number of fused-ring (bicyclic) bond motifs is 1. The minimum absolute atomic E-state index is 0.782. The molecule has 1 aromatic heterocycles. The predicted molar refractivity (Wildman–Crippen MR) is 102 cm³/mol. The molecule has 33 heavy (non-hydrogen) atoms. The molecule has 3 fully saturated rings. The van der Waals surface area contributed by atoms with Gasteiger partial charge in [-0.3, -0.25) is 9.80 Å². The molecule has 1 aromatic rings. The Hall–Kier alpha value is -2.28. The Labute approximate surface area is 185 Å². The summed E-state index contributed by atoms with van der Waals surface area (Å²) in [5.41, 5.74) is 0. The number of aryl methyl sites for hydroxylation is 1. The Balaban J connectivity index is 0.000000230. The lowest BCUT2D eigenvalue weighted by Crippen LogP contribution is -2.37. The van der Waals surface area contributed by atoms with E-state index in [-0.39, 0.29) is 0 Å². The first-order chi connectivity index (χ1) is 15.2. The van der Waals surface area contributed by atoms with Crippen molar-refractivity contribution in [3.63, 3.8) is 0 Å². The monoisotopic (exact) mass is 488 g/mol. The number of furan rings is 1. The van der Waals surface area contributed by atoms with Crippen LogP contribution in [-0.4, -0.2) is 76.0 Å².